The molecule has 2 rings (SSSR count). The highest BCUT2D eigenvalue weighted by molar-refractivity contribution is 5.31. The monoisotopic (exact) mass is 264 g/mol. The zero-order chi connectivity index (χ0) is 14.2. The van der Waals surface area contributed by atoms with Crippen LogP contribution in [0.2, 0.25) is 0 Å². The Kier molecular flexibility index (Phi) is 5.34. The number of rotatable bonds is 6. The van der Waals surface area contributed by atoms with Crippen LogP contribution in [-0.4, -0.2) is 6.04 Å². The molecule has 102 valence electrons. The summed E-state index contributed by atoms with van der Waals surface area (Å²) in [4.78, 5) is 0. The van der Waals surface area contributed by atoms with Crippen LogP contribution in [0.4, 0.5) is 0 Å². The van der Waals surface area contributed by atoms with E-state index in [9.17, 15) is 0 Å². The Morgan fingerprint density at radius 2 is 1.45 bits per heavy atom. The van der Waals surface area contributed by atoms with E-state index in [2.05, 4.69) is 66.8 Å². The number of hydrogen-bond acceptors (Lipinski definition) is 2. The van der Waals surface area contributed by atoms with E-state index in [0.29, 0.717) is 6.42 Å². The summed E-state index contributed by atoms with van der Waals surface area (Å²) in [6.07, 6.45) is 1.48. The maximum absolute atomic E-state index is 8.93. The molecule has 0 bridgehead atoms. The second-order valence-corrected chi connectivity index (χ2v) is 4.89. The van der Waals surface area contributed by atoms with Gasteiger partial charge in [0.2, 0.25) is 0 Å². The van der Waals surface area contributed by atoms with Crippen LogP contribution in [0.1, 0.15) is 36.9 Å². The predicted molar refractivity (Wildman–Crippen MR) is 82.2 cm³/mol. The summed E-state index contributed by atoms with van der Waals surface area (Å²) in [7, 11) is 0. The third kappa shape index (κ3) is 3.69. The summed E-state index contributed by atoms with van der Waals surface area (Å²) in [6, 6.07) is 23.4. The lowest BCUT2D eigenvalue weighted by Crippen LogP contribution is -2.32. The molecule has 2 aromatic rings. The van der Waals surface area contributed by atoms with Gasteiger partial charge in [0.05, 0.1) is 18.5 Å². The molecule has 1 N–H and O–H groups in total. The smallest absolute Gasteiger partial charge is 0.0638 e. The first-order valence-corrected chi connectivity index (χ1v) is 7.08. The van der Waals surface area contributed by atoms with Crippen molar-refractivity contribution in [1.82, 2.24) is 5.32 Å². The minimum atomic E-state index is 0.135. The number of nitrogens with zero attached hydrogens (tertiary/aromatic N) is 1. The van der Waals surface area contributed by atoms with Crippen LogP contribution in [0, 0.1) is 11.3 Å². The lowest BCUT2D eigenvalue weighted by atomic mass is 9.97. The van der Waals surface area contributed by atoms with Gasteiger partial charge in [0.25, 0.3) is 0 Å². The molecule has 0 aromatic heterocycles. The van der Waals surface area contributed by atoms with E-state index < -0.39 is 0 Å². The highest BCUT2D eigenvalue weighted by atomic mass is 14.9. The van der Waals surface area contributed by atoms with Crippen molar-refractivity contribution in [1.29, 1.82) is 5.26 Å². The zero-order valence-electron chi connectivity index (χ0n) is 11.8. The predicted octanol–water partition coefficient (Wildman–Crippen LogP) is 4.06. The van der Waals surface area contributed by atoms with Gasteiger partial charge in [-0.15, -0.1) is 0 Å². The summed E-state index contributed by atoms with van der Waals surface area (Å²) in [5.74, 6) is 0. The van der Waals surface area contributed by atoms with E-state index in [1.54, 1.807) is 0 Å². The molecule has 0 amide bonds. The maximum Gasteiger partial charge on any atom is 0.0638 e. The van der Waals surface area contributed by atoms with Crippen molar-refractivity contribution in [2.45, 2.75) is 31.8 Å². The molecule has 1 atom stereocenters. The fourth-order valence-electron chi connectivity index (χ4n) is 2.34. The van der Waals surface area contributed by atoms with Crippen LogP contribution in [0.25, 0.3) is 0 Å². The molecule has 20 heavy (non-hydrogen) atoms. The lowest BCUT2D eigenvalue weighted by molar-refractivity contribution is 0.464. The van der Waals surface area contributed by atoms with Crippen LogP contribution < -0.4 is 5.32 Å². The van der Waals surface area contributed by atoms with Crippen LogP contribution in [0.3, 0.4) is 0 Å². The Balaban J connectivity index is 2.28. The van der Waals surface area contributed by atoms with Crippen LogP contribution >= 0.6 is 0 Å². The molecule has 0 radical (unpaired) electrons. The molecule has 0 aliphatic heterocycles. The van der Waals surface area contributed by atoms with Gasteiger partial charge in [-0.1, -0.05) is 67.6 Å². The Labute approximate surface area is 121 Å². The van der Waals surface area contributed by atoms with Crippen molar-refractivity contribution in [2.24, 2.45) is 0 Å². The standard InChI is InChI=1S/C18H20N2/c1-2-17(13-14-19)20-18(15-9-5-3-6-10-15)16-11-7-4-8-12-16/h3-12,17-18,20H,2,13H2,1H3. The molecule has 0 heterocycles. The molecule has 1 unspecified atom stereocenters. The van der Waals surface area contributed by atoms with Crippen molar-refractivity contribution in [3.05, 3.63) is 71.8 Å². The van der Waals surface area contributed by atoms with Crippen molar-refractivity contribution in [3.63, 3.8) is 0 Å². The number of hydrogen-bond donors (Lipinski definition) is 1. The summed E-state index contributed by atoms with van der Waals surface area (Å²) in [5, 5.41) is 12.5. The average molecular weight is 264 g/mol. The van der Waals surface area contributed by atoms with Gasteiger partial charge in [0, 0.05) is 6.04 Å². The molecule has 0 spiro atoms. The van der Waals surface area contributed by atoms with E-state index in [4.69, 9.17) is 5.26 Å². The number of nitrogens with one attached hydrogen (secondary N) is 1. The van der Waals surface area contributed by atoms with Gasteiger partial charge in [-0.05, 0) is 17.5 Å². The number of benzene rings is 2. The molecular weight excluding hydrogens is 244 g/mol. The molecule has 2 aromatic carbocycles. The third-order valence-electron chi connectivity index (χ3n) is 3.50. The Bertz CT molecular complexity index is 503. The normalized spacial score (nSPS) is 12.1. The largest absolute Gasteiger partial charge is 0.302 e. The number of nitriles is 1. The van der Waals surface area contributed by atoms with Crippen molar-refractivity contribution < 1.29 is 0 Å². The van der Waals surface area contributed by atoms with E-state index >= 15 is 0 Å². The van der Waals surface area contributed by atoms with Gasteiger partial charge in [-0.25, -0.2) is 0 Å². The molecular formula is C18H20N2. The summed E-state index contributed by atoms with van der Waals surface area (Å²) in [6.45, 7) is 2.11. The van der Waals surface area contributed by atoms with E-state index in [-0.39, 0.29) is 12.1 Å². The lowest BCUT2D eigenvalue weighted by Gasteiger charge is -2.24. The third-order valence-corrected chi connectivity index (χ3v) is 3.50. The van der Waals surface area contributed by atoms with Crippen molar-refractivity contribution in [2.75, 3.05) is 0 Å². The maximum atomic E-state index is 8.93. The first-order chi connectivity index (χ1) is 9.85. The van der Waals surface area contributed by atoms with Crippen LogP contribution in [-0.2, 0) is 0 Å². The molecule has 0 aliphatic rings. The first kappa shape index (κ1) is 14.3. The highest BCUT2D eigenvalue weighted by Crippen LogP contribution is 2.23. The molecule has 2 heteroatoms. The van der Waals surface area contributed by atoms with Crippen LogP contribution in [0.15, 0.2) is 60.7 Å². The quantitative estimate of drug-likeness (QED) is 0.854. The second kappa shape index (κ2) is 7.47. The molecule has 0 saturated carbocycles. The van der Waals surface area contributed by atoms with Gasteiger partial charge in [0.15, 0.2) is 0 Å². The van der Waals surface area contributed by atoms with Gasteiger partial charge in [-0.3, -0.25) is 0 Å². The van der Waals surface area contributed by atoms with Gasteiger partial charge >= 0.3 is 0 Å². The van der Waals surface area contributed by atoms with E-state index in [1.807, 2.05) is 12.1 Å². The Hall–Kier alpha value is -2.11. The summed E-state index contributed by atoms with van der Waals surface area (Å²) < 4.78 is 0. The highest BCUT2D eigenvalue weighted by Gasteiger charge is 2.17. The Morgan fingerprint density at radius 3 is 1.85 bits per heavy atom. The minimum absolute atomic E-state index is 0.135. The Morgan fingerprint density at radius 1 is 0.950 bits per heavy atom. The topological polar surface area (TPSA) is 35.8 Å². The molecule has 2 nitrogen and oxygen atoms in total. The second-order valence-electron chi connectivity index (χ2n) is 4.89. The van der Waals surface area contributed by atoms with Crippen molar-refractivity contribution >= 4 is 0 Å². The van der Waals surface area contributed by atoms with E-state index in [1.165, 1.54) is 11.1 Å². The zero-order valence-corrected chi connectivity index (χ0v) is 11.8. The minimum Gasteiger partial charge on any atom is -0.302 e. The van der Waals surface area contributed by atoms with Gasteiger partial charge in [0.1, 0.15) is 0 Å². The molecule has 0 aliphatic carbocycles. The fourth-order valence-corrected chi connectivity index (χ4v) is 2.34. The van der Waals surface area contributed by atoms with Gasteiger partial charge < -0.3 is 5.32 Å². The van der Waals surface area contributed by atoms with E-state index in [0.717, 1.165) is 6.42 Å². The van der Waals surface area contributed by atoms with Crippen molar-refractivity contribution in [3.8, 4) is 6.07 Å². The molecule has 0 fully saturated rings. The SMILES string of the molecule is CCC(CC#N)NC(c1ccccc1)c1ccccc1. The average Bonchev–Trinajstić information content (AvgIpc) is 2.53. The summed E-state index contributed by atoms with van der Waals surface area (Å²) in [5.41, 5.74) is 2.46. The fraction of sp³-hybridized carbons (Fsp3) is 0.278. The van der Waals surface area contributed by atoms with Gasteiger partial charge in [-0.2, -0.15) is 5.26 Å². The summed E-state index contributed by atoms with van der Waals surface area (Å²) >= 11 is 0. The molecule has 0 saturated heterocycles. The van der Waals surface area contributed by atoms with Crippen LogP contribution in [0.5, 0.6) is 0 Å². The first-order valence-electron chi connectivity index (χ1n) is 7.08.